The monoisotopic (exact) mass is 437 g/mol. The zero-order chi connectivity index (χ0) is 21.0. The molecule has 1 aliphatic rings. The highest BCUT2D eigenvalue weighted by Crippen LogP contribution is 2.52. The van der Waals surface area contributed by atoms with Crippen LogP contribution >= 0.6 is 23.5 Å². The van der Waals surface area contributed by atoms with Gasteiger partial charge >= 0.3 is 0 Å². The summed E-state index contributed by atoms with van der Waals surface area (Å²) in [4.78, 5) is 2.38. The van der Waals surface area contributed by atoms with Crippen LogP contribution in [0, 0.1) is 0 Å². The number of benzene rings is 4. The Hall–Kier alpha value is -2.88. The molecule has 1 heterocycles. The first-order valence-electron chi connectivity index (χ1n) is 10.4. The molecule has 0 N–H and O–H groups in total. The van der Waals surface area contributed by atoms with Gasteiger partial charge < -0.3 is 4.90 Å². The lowest BCUT2D eigenvalue weighted by molar-refractivity contribution is 1.24. The van der Waals surface area contributed by atoms with E-state index >= 15 is 0 Å². The molecule has 0 atom stereocenters. The van der Waals surface area contributed by atoms with Crippen molar-refractivity contribution in [1.29, 1.82) is 0 Å². The summed E-state index contributed by atoms with van der Waals surface area (Å²) >= 11 is 3.77. The highest BCUT2D eigenvalue weighted by molar-refractivity contribution is 8.21. The largest absolute Gasteiger partial charge is 0.309 e. The Bertz CT molecular complexity index is 1170. The third-order valence-corrected chi connectivity index (χ3v) is 7.82. The minimum Gasteiger partial charge on any atom is -0.309 e. The Balaban J connectivity index is 1.67. The zero-order valence-electron chi connectivity index (χ0n) is 17.4. The van der Waals surface area contributed by atoms with Crippen molar-refractivity contribution in [2.75, 3.05) is 11.2 Å². The Kier molecular flexibility index (Phi) is 5.88. The van der Waals surface area contributed by atoms with E-state index in [9.17, 15) is 0 Å². The molecule has 0 spiro atoms. The molecule has 0 aliphatic carbocycles. The normalized spacial score (nSPS) is 12.3. The topological polar surface area (TPSA) is 3.24 Å². The summed E-state index contributed by atoms with van der Waals surface area (Å²) in [6, 6.07) is 38.9. The van der Waals surface area contributed by atoms with E-state index in [1.165, 1.54) is 43.6 Å². The summed E-state index contributed by atoms with van der Waals surface area (Å²) in [6.07, 6.45) is 2.19. The fourth-order valence-electron chi connectivity index (χ4n) is 4.07. The molecular formula is C28H23NS2. The van der Waals surface area contributed by atoms with Crippen LogP contribution in [0.2, 0.25) is 0 Å². The molecule has 0 aromatic heterocycles. The fourth-order valence-corrected chi connectivity index (χ4v) is 5.99. The second-order valence-electron chi connectivity index (χ2n) is 7.35. The van der Waals surface area contributed by atoms with Crippen LogP contribution in [0.15, 0.2) is 113 Å². The molecule has 0 saturated heterocycles. The van der Waals surface area contributed by atoms with Gasteiger partial charge in [-0.05, 0) is 36.1 Å². The standard InChI is InChI=1S/C28H23NS2/c1-30-28(31-20-21-12-4-2-5-13-21)27-23-16-8-10-18-25(23)29(22-14-6-3-7-15-22)26-19-11-9-17-24(26)27/h2-19H,20H2,1H3. The van der Waals surface area contributed by atoms with Crippen molar-refractivity contribution in [2.45, 2.75) is 5.75 Å². The van der Waals surface area contributed by atoms with Gasteiger partial charge in [0.2, 0.25) is 0 Å². The number of hydrogen-bond donors (Lipinski definition) is 0. The van der Waals surface area contributed by atoms with Crippen molar-refractivity contribution in [1.82, 2.24) is 0 Å². The molecule has 5 rings (SSSR count). The average Bonchev–Trinajstić information content (AvgIpc) is 2.85. The minimum atomic E-state index is 0.966. The van der Waals surface area contributed by atoms with Crippen LogP contribution in [-0.4, -0.2) is 6.26 Å². The van der Waals surface area contributed by atoms with E-state index in [-0.39, 0.29) is 0 Å². The van der Waals surface area contributed by atoms with Gasteiger partial charge in [0.25, 0.3) is 0 Å². The second kappa shape index (κ2) is 9.09. The highest BCUT2D eigenvalue weighted by Gasteiger charge is 2.29. The number of hydrogen-bond acceptors (Lipinski definition) is 3. The van der Waals surface area contributed by atoms with E-state index in [0.717, 1.165) is 5.75 Å². The second-order valence-corrected chi connectivity index (χ2v) is 9.41. The molecule has 3 heteroatoms. The SMILES string of the molecule is CSC(SCc1ccccc1)=C1c2ccccc2N(c2ccccc2)c2ccccc21. The van der Waals surface area contributed by atoms with Crippen molar-refractivity contribution in [3.8, 4) is 0 Å². The molecular weight excluding hydrogens is 414 g/mol. The van der Waals surface area contributed by atoms with Gasteiger partial charge in [0.05, 0.1) is 11.4 Å². The summed E-state index contributed by atoms with van der Waals surface area (Å²) in [5.41, 5.74) is 8.91. The van der Waals surface area contributed by atoms with Crippen LogP contribution < -0.4 is 4.90 Å². The molecule has 1 aliphatic heterocycles. The first-order chi connectivity index (χ1) is 15.4. The smallest absolute Gasteiger partial charge is 0.0541 e. The van der Waals surface area contributed by atoms with E-state index in [1.807, 2.05) is 23.5 Å². The lowest BCUT2D eigenvalue weighted by atomic mass is 9.91. The Morgan fingerprint density at radius 1 is 0.645 bits per heavy atom. The average molecular weight is 438 g/mol. The van der Waals surface area contributed by atoms with E-state index in [0.29, 0.717) is 0 Å². The number of fused-ring (bicyclic) bond motifs is 2. The molecule has 0 fully saturated rings. The predicted molar refractivity (Wildman–Crippen MR) is 138 cm³/mol. The third-order valence-electron chi connectivity index (χ3n) is 5.45. The lowest BCUT2D eigenvalue weighted by Gasteiger charge is -2.35. The summed E-state index contributed by atoms with van der Waals surface area (Å²) in [5, 5.41) is 0. The van der Waals surface area contributed by atoms with Gasteiger partial charge in [0.15, 0.2) is 0 Å². The number of rotatable bonds is 5. The molecule has 4 aromatic rings. The molecule has 0 radical (unpaired) electrons. The molecule has 0 amide bonds. The fraction of sp³-hybridized carbons (Fsp3) is 0.0714. The van der Waals surface area contributed by atoms with Gasteiger partial charge in [0, 0.05) is 32.4 Å². The Labute approximate surface area is 192 Å². The molecule has 1 nitrogen and oxygen atoms in total. The van der Waals surface area contributed by atoms with Gasteiger partial charge in [-0.2, -0.15) is 0 Å². The molecule has 4 aromatic carbocycles. The minimum absolute atomic E-state index is 0.966. The van der Waals surface area contributed by atoms with Crippen LogP contribution in [0.1, 0.15) is 16.7 Å². The summed E-state index contributed by atoms with van der Waals surface area (Å²) in [7, 11) is 0. The van der Waals surface area contributed by atoms with Crippen LogP contribution in [0.5, 0.6) is 0 Å². The summed E-state index contributed by atoms with van der Waals surface area (Å²) in [5.74, 6) is 0.966. The Morgan fingerprint density at radius 2 is 1.16 bits per heavy atom. The lowest BCUT2D eigenvalue weighted by Crippen LogP contribution is -2.18. The van der Waals surface area contributed by atoms with E-state index < -0.39 is 0 Å². The number of para-hydroxylation sites is 3. The molecule has 0 bridgehead atoms. The van der Waals surface area contributed by atoms with Gasteiger partial charge in [-0.15, -0.1) is 23.5 Å². The maximum Gasteiger partial charge on any atom is 0.0541 e. The van der Waals surface area contributed by atoms with Crippen LogP contribution in [0.4, 0.5) is 17.1 Å². The van der Waals surface area contributed by atoms with Crippen molar-refractivity contribution in [3.63, 3.8) is 0 Å². The van der Waals surface area contributed by atoms with Gasteiger partial charge in [-0.3, -0.25) is 0 Å². The maximum atomic E-state index is 2.38. The molecule has 0 saturated carbocycles. The molecule has 0 unspecified atom stereocenters. The van der Waals surface area contributed by atoms with E-state index in [1.54, 1.807) is 0 Å². The van der Waals surface area contributed by atoms with Gasteiger partial charge in [-0.25, -0.2) is 0 Å². The van der Waals surface area contributed by atoms with Gasteiger partial charge in [0.1, 0.15) is 0 Å². The van der Waals surface area contributed by atoms with Gasteiger partial charge in [-0.1, -0.05) is 84.9 Å². The number of thioether (sulfide) groups is 2. The van der Waals surface area contributed by atoms with Crippen LogP contribution in [0.25, 0.3) is 5.57 Å². The summed E-state index contributed by atoms with van der Waals surface area (Å²) in [6.45, 7) is 0. The van der Waals surface area contributed by atoms with Crippen molar-refractivity contribution in [3.05, 3.63) is 130 Å². The quantitative estimate of drug-likeness (QED) is 0.271. The molecule has 152 valence electrons. The third kappa shape index (κ3) is 3.91. The van der Waals surface area contributed by atoms with E-state index in [2.05, 4.69) is 120 Å². The number of nitrogens with zero attached hydrogens (tertiary/aromatic N) is 1. The van der Waals surface area contributed by atoms with Crippen molar-refractivity contribution in [2.24, 2.45) is 0 Å². The van der Waals surface area contributed by atoms with Crippen molar-refractivity contribution >= 4 is 46.2 Å². The Morgan fingerprint density at radius 3 is 1.74 bits per heavy atom. The molecule has 31 heavy (non-hydrogen) atoms. The van der Waals surface area contributed by atoms with Crippen LogP contribution in [-0.2, 0) is 5.75 Å². The van der Waals surface area contributed by atoms with E-state index in [4.69, 9.17) is 0 Å². The first kappa shape index (κ1) is 20.0. The highest BCUT2D eigenvalue weighted by atomic mass is 32.2. The maximum absolute atomic E-state index is 2.38. The summed E-state index contributed by atoms with van der Waals surface area (Å²) < 4.78 is 1.36. The van der Waals surface area contributed by atoms with Crippen LogP contribution in [0.3, 0.4) is 0 Å². The first-order valence-corrected chi connectivity index (χ1v) is 12.6. The van der Waals surface area contributed by atoms with Crippen molar-refractivity contribution < 1.29 is 0 Å². The zero-order valence-corrected chi connectivity index (χ0v) is 19.0. The predicted octanol–water partition coefficient (Wildman–Crippen LogP) is 8.48. The number of anilines is 3.